The Kier molecular flexibility index (Phi) is 5.46. The van der Waals surface area contributed by atoms with Gasteiger partial charge in [0.25, 0.3) is 0 Å². The molecule has 0 fully saturated rings. The predicted octanol–water partition coefficient (Wildman–Crippen LogP) is 3.08. The number of nitrogens with one attached hydrogen (secondary N) is 1. The van der Waals surface area contributed by atoms with E-state index in [-0.39, 0.29) is 5.60 Å². The fourth-order valence-corrected chi connectivity index (χ4v) is 2.55. The summed E-state index contributed by atoms with van der Waals surface area (Å²) in [5.41, 5.74) is -0.104. The van der Waals surface area contributed by atoms with Crippen molar-refractivity contribution in [1.29, 1.82) is 0 Å². The lowest BCUT2D eigenvalue weighted by atomic mass is 9.94. The number of hydrogen-bond acceptors (Lipinski definition) is 3. The van der Waals surface area contributed by atoms with Gasteiger partial charge in [0.15, 0.2) is 0 Å². The van der Waals surface area contributed by atoms with Gasteiger partial charge in [-0.15, -0.1) is 11.3 Å². The van der Waals surface area contributed by atoms with E-state index in [9.17, 15) is 0 Å². The van der Waals surface area contributed by atoms with Crippen LogP contribution >= 0.6 is 11.3 Å². The van der Waals surface area contributed by atoms with Gasteiger partial charge in [-0.05, 0) is 44.7 Å². The van der Waals surface area contributed by atoms with Crippen molar-refractivity contribution in [1.82, 2.24) is 5.32 Å². The molecule has 0 radical (unpaired) electrons. The van der Waals surface area contributed by atoms with Crippen LogP contribution in [0, 0.1) is 0 Å². The molecule has 0 aliphatic carbocycles. The topological polar surface area (TPSA) is 21.3 Å². The lowest BCUT2D eigenvalue weighted by molar-refractivity contribution is -0.0119. The summed E-state index contributed by atoms with van der Waals surface area (Å²) in [6.07, 6.45) is 2.25. The van der Waals surface area contributed by atoms with E-state index in [2.05, 4.69) is 43.6 Å². The Morgan fingerprint density at radius 1 is 1.50 bits per heavy atom. The minimum Gasteiger partial charge on any atom is -0.377 e. The maximum absolute atomic E-state index is 5.56. The average molecular weight is 241 g/mol. The zero-order valence-electron chi connectivity index (χ0n) is 10.7. The molecule has 1 aromatic rings. The van der Waals surface area contributed by atoms with Crippen molar-refractivity contribution >= 4 is 11.3 Å². The van der Waals surface area contributed by atoms with Crippen LogP contribution < -0.4 is 5.32 Å². The van der Waals surface area contributed by atoms with Gasteiger partial charge in [-0.2, -0.15) is 0 Å². The molecule has 0 aliphatic rings. The molecule has 0 aromatic carbocycles. The second-order valence-electron chi connectivity index (χ2n) is 4.54. The van der Waals surface area contributed by atoms with Crippen LogP contribution in [0.2, 0.25) is 0 Å². The Morgan fingerprint density at radius 3 is 2.75 bits per heavy atom. The maximum atomic E-state index is 5.56. The quantitative estimate of drug-likeness (QED) is 0.792. The van der Waals surface area contributed by atoms with Crippen LogP contribution in [0.15, 0.2) is 17.5 Å². The van der Waals surface area contributed by atoms with Crippen LogP contribution in [0.5, 0.6) is 0 Å². The van der Waals surface area contributed by atoms with Crippen molar-refractivity contribution < 1.29 is 4.74 Å². The van der Waals surface area contributed by atoms with E-state index in [0.29, 0.717) is 6.04 Å². The number of hydrogen-bond donors (Lipinski definition) is 1. The normalized spacial score (nSPS) is 14.0. The molecule has 0 bridgehead atoms. The maximum Gasteiger partial charge on any atom is 0.0775 e. The first-order valence-corrected chi connectivity index (χ1v) is 6.79. The van der Waals surface area contributed by atoms with Gasteiger partial charge in [0, 0.05) is 18.0 Å². The third-order valence-corrected chi connectivity index (χ3v) is 4.01. The van der Waals surface area contributed by atoms with Crippen LogP contribution in [0.4, 0.5) is 0 Å². The molecule has 16 heavy (non-hydrogen) atoms. The van der Waals surface area contributed by atoms with Crippen molar-refractivity contribution in [3.63, 3.8) is 0 Å². The summed E-state index contributed by atoms with van der Waals surface area (Å²) in [6, 6.07) is 4.72. The van der Waals surface area contributed by atoms with Crippen LogP contribution in [0.25, 0.3) is 0 Å². The zero-order valence-corrected chi connectivity index (χ0v) is 11.6. The Bertz CT molecular complexity index is 282. The Morgan fingerprint density at radius 2 is 2.25 bits per heavy atom. The summed E-state index contributed by atoms with van der Waals surface area (Å²) in [5.74, 6) is 0. The van der Waals surface area contributed by atoms with E-state index in [1.54, 1.807) is 7.11 Å². The van der Waals surface area contributed by atoms with Crippen molar-refractivity contribution in [2.24, 2.45) is 0 Å². The van der Waals surface area contributed by atoms with Gasteiger partial charge in [0.05, 0.1) is 5.60 Å². The number of likely N-dealkylation sites (N-methyl/N-ethyl adjacent to an activating group) is 1. The summed E-state index contributed by atoms with van der Waals surface area (Å²) in [6.45, 7) is 7.43. The first kappa shape index (κ1) is 13.7. The SMILES string of the molecule is CCNC(CCc1cccs1)C(C)(C)OC. The zero-order chi connectivity index (χ0) is 12.0. The summed E-state index contributed by atoms with van der Waals surface area (Å²) >= 11 is 1.83. The average Bonchev–Trinajstić information content (AvgIpc) is 2.76. The molecular weight excluding hydrogens is 218 g/mol. The van der Waals surface area contributed by atoms with Gasteiger partial charge < -0.3 is 10.1 Å². The molecule has 0 spiro atoms. The number of methoxy groups -OCH3 is 1. The third-order valence-electron chi connectivity index (χ3n) is 3.08. The van der Waals surface area contributed by atoms with Crippen molar-refractivity contribution in [3.8, 4) is 0 Å². The first-order chi connectivity index (χ1) is 7.60. The van der Waals surface area contributed by atoms with Crippen molar-refractivity contribution in [2.45, 2.75) is 45.3 Å². The Balaban J connectivity index is 2.51. The molecule has 1 unspecified atom stereocenters. The molecule has 1 N–H and O–H groups in total. The molecule has 1 rings (SSSR count). The summed E-state index contributed by atoms with van der Waals surface area (Å²) in [4.78, 5) is 1.45. The van der Waals surface area contributed by atoms with E-state index in [1.165, 1.54) is 4.88 Å². The lowest BCUT2D eigenvalue weighted by Crippen LogP contribution is -2.48. The highest BCUT2D eigenvalue weighted by molar-refractivity contribution is 7.09. The minimum atomic E-state index is -0.104. The number of aryl methyl sites for hydroxylation is 1. The molecule has 1 atom stereocenters. The van der Waals surface area contributed by atoms with E-state index in [4.69, 9.17) is 4.74 Å². The molecule has 2 nitrogen and oxygen atoms in total. The van der Waals surface area contributed by atoms with Gasteiger partial charge >= 0.3 is 0 Å². The highest BCUT2D eigenvalue weighted by Crippen LogP contribution is 2.20. The highest BCUT2D eigenvalue weighted by atomic mass is 32.1. The van der Waals surface area contributed by atoms with E-state index >= 15 is 0 Å². The van der Waals surface area contributed by atoms with Crippen molar-refractivity contribution in [3.05, 3.63) is 22.4 Å². The van der Waals surface area contributed by atoms with Gasteiger partial charge in [0.2, 0.25) is 0 Å². The fraction of sp³-hybridized carbons (Fsp3) is 0.692. The van der Waals surface area contributed by atoms with Crippen LogP contribution in [-0.4, -0.2) is 25.3 Å². The Labute approximate surface area is 103 Å². The number of rotatable bonds is 7. The Hall–Kier alpha value is -0.380. The molecule has 1 heterocycles. The summed E-state index contributed by atoms with van der Waals surface area (Å²) in [7, 11) is 1.79. The van der Waals surface area contributed by atoms with E-state index < -0.39 is 0 Å². The highest BCUT2D eigenvalue weighted by Gasteiger charge is 2.28. The third kappa shape index (κ3) is 3.89. The fourth-order valence-electron chi connectivity index (χ4n) is 1.83. The van der Waals surface area contributed by atoms with E-state index in [0.717, 1.165) is 19.4 Å². The molecule has 0 saturated heterocycles. The van der Waals surface area contributed by atoms with E-state index in [1.807, 2.05) is 11.3 Å². The smallest absolute Gasteiger partial charge is 0.0775 e. The lowest BCUT2D eigenvalue weighted by Gasteiger charge is -2.33. The summed E-state index contributed by atoms with van der Waals surface area (Å²) in [5, 5.41) is 5.65. The molecule has 1 aromatic heterocycles. The minimum absolute atomic E-state index is 0.104. The van der Waals surface area contributed by atoms with Gasteiger partial charge in [-0.1, -0.05) is 13.0 Å². The predicted molar refractivity (Wildman–Crippen MR) is 71.2 cm³/mol. The van der Waals surface area contributed by atoms with Crippen LogP contribution in [0.1, 0.15) is 32.1 Å². The molecule has 0 saturated carbocycles. The van der Waals surface area contributed by atoms with Crippen molar-refractivity contribution in [2.75, 3.05) is 13.7 Å². The van der Waals surface area contributed by atoms with Gasteiger partial charge in [-0.3, -0.25) is 0 Å². The largest absolute Gasteiger partial charge is 0.377 e. The first-order valence-electron chi connectivity index (χ1n) is 5.91. The molecule has 0 amide bonds. The monoisotopic (exact) mass is 241 g/mol. The molecular formula is C13H23NOS. The van der Waals surface area contributed by atoms with Gasteiger partial charge in [-0.25, -0.2) is 0 Å². The number of ether oxygens (including phenoxy) is 1. The van der Waals surface area contributed by atoms with Gasteiger partial charge in [0.1, 0.15) is 0 Å². The molecule has 92 valence electrons. The van der Waals surface area contributed by atoms with Crippen LogP contribution in [0.3, 0.4) is 0 Å². The second-order valence-corrected chi connectivity index (χ2v) is 5.57. The number of thiophene rings is 1. The summed E-state index contributed by atoms with van der Waals surface area (Å²) < 4.78 is 5.56. The van der Waals surface area contributed by atoms with Crippen LogP contribution in [-0.2, 0) is 11.2 Å². The molecule has 3 heteroatoms. The second kappa shape index (κ2) is 6.38. The molecule has 0 aliphatic heterocycles. The standard InChI is InChI=1S/C13H23NOS/c1-5-14-12(13(2,3)15-4)9-8-11-7-6-10-16-11/h6-7,10,12,14H,5,8-9H2,1-4H3.